The molecule has 0 saturated heterocycles. The smallest absolute Gasteiger partial charge is 0.182 e. The Balaban J connectivity index is 1.59. The average Bonchev–Trinajstić information content (AvgIpc) is 3.25. The van der Waals surface area contributed by atoms with E-state index in [4.69, 9.17) is 16.3 Å². The van der Waals surface area contributed by atoms with Crippen LogP contribution < -0.4 is 0 Å². The molecule has 7 heteroatoms. The number of fused-ring (bicyclic) bond motifs is 3. The van der Waals surface area contributed by atoms with Gasteiger partial charge in [-0.15, -0.1) is 5.10 Å². The molecule has 0 spiro atoms. The molecule has 0 N–H and O–H groups in total. The van der Waals surface area contributed by atoms with Crippen LogP contribution in [0.2, 0.25) is 30.7 Å². The van der Waals surface area contributed by atoms with Crippen molar-refractivity contribution in [2.24, 2.45) is 0 Å². The molecule has 1 heterocycles. The number of aromatic nitrogens is 3. The predicted octanol–water partition coefficient (Wildman–Crippen LogP) is 5.68. The van der Waals surface area contributed by atoms with E-state index in [0.29, 0.717) is 18.0 Å². The first-order chi connectivity index (χ1) is 14.2. The van der Waals surface area contributed by atoms with Crippen molar-refractivity contribution >= 4 is 25.5 Å². The van der Waals surface area contributed by atoms with Crippen molar-refractivity contribution in [3.63, 3.8) is 0 Å². The van der Waals surface area contributed by atoms with Crippen molar-refractivity contribution in [3.8, 4) is 22.4 Å². The molecule has 0 unspecified atom stereocenters. The minimum Gasteiger partial charge on any atom is -0.358 e. The summed E-state index contributed by atoms with van der Waals surface area (Å²) in [4.78, 5) is 13.7. The third-order valence-electron chi connectivity index (χ3n) is 5.31. The first-order valence-corrected chi connectivity index (χ1v) is 14.3. The molecular formula is C23H26ClN3O2Si. The fraction of sp³-hybridized carbons (Fsp3) is 0.348. The second kappa shape index (κ2) is 8.10. The molecule has 0 aliphatic heterocycles. The zero-order valence-corrected chi connectivity index (χ0v) is 19.6. The highest BCUT2D eigenvalue weighted by Gasteiger charge is 2.22. The van der Waals surface area contributed by atoms with Crippen molar-refractivity contribution in [3.05, 3.63) is 58.2 Å². The first-order valence-electron chi connectivity index (χ1n) is 10.2. The zero-order valence-electron chi connectivity index (χ0n) is 17.8. The molecule has 2 aromatic carbocycles. The van der Waals surface area contributed by atoms with Crippen LogP contribution in [0, 0.1) is 0 Å². The van der Waals surface area contributed by atoms with Crippen molar-refractivity contribution < 1.29 is 9.53 Å². The summed E-state index contributed by atoms with van der Waals surface area (Å²) in [6.07, 6.45) is 0.846. The van der Waals surface area contributed by atoms with Gasteiger partial charge in [0.15, 0.2) is 18.2 Å². The molecule has 1 aliphatic carbocycles. The second-order valence-corrected chi connectivity index (χ2v) is 15.1. The van der Waals surface area contributed by atoms with Crippen LogP contribution in [-0.2, 0) is 17.9 Å². The zero-order chi connectivity index (χ0) is 21.5. The minimum atomic E-state index is -1.15. The van der Waals surface area contributed by atoms with Gasteiger partial charge in [0.1, 0.15) is 5.69 Å². The van der Waals surface area contributed by atoms with Gasteiger partial charge in [-0.3, -0.25) is 4.79 Å². The summed E-state index contributed by atoms with van der Waals surface area (Å²) in [7, 11) is -1.15. The quantitative estimate of drug-likeness (QED) is 0.211. The lowest BCUT2D eigenvalue weighted by molar-refractivity contribution is 0.0682. The lowest BCUT2D eigenvalue weighted by atomic mass is 10.0. The Morgan fingerprint density at radius 2 is 1.90 bits per heavy atom. The highest BCUT2D eigenvalue weighted by Crippen LogP contribution is 2.39. The standard InChI is InChI=1S/C23H26ClN3O2Si/c1-15(28)22-23(26-27(25-22)14-29-9-10-30(2,3)4)17-6-8-20-18(12-17)11-16-5-7-19(24)13-21(16)20/h5-8,12-13H,9-11,14H2,1-4H3. The number of nitrogens with zero attached hydrogens (tertiary/aromatic N) is 3. The maximum Gasteiger partial charge on any atom is 0.182 e. The Labute approximate surface area is 183 Å². The first kappa shape index (κ1) is 21.0. The molecule has 0 radical (unpaired) electrons. The van der Waals surface area contributed by atoms with Crippen LogP contribution in [0.5, 0.6) is 0 Å². The van der Waals surface area contributed by atoms with Gasteiger partial charge in [-0.05, 0) is 52.9 Å². The van der Waals surface area contributed by atoms with Crippen molar-refractivity contribution in [2.45, 2.75) is 45.8 Å². The Kier molecular flexibility index (Phi) is 5.66. The summed E-state index contributed by atoms with van der Waals surface area (Å²) in [6, 6.07) is 13.3. The topological polar surface area (TPSA) is 57.0 Å². The number of ether oxygens (including phenoxy) is 1. The summed E-state index contributed by atoms with van der Waals surface area (Å²) < 4.78 is 5.76. The number of hydrogen-bond donors (Lipinski definition) is 0. The van der Waals surface area contributed by atoms with E-state index in [-0.39, 0.29) is 12.5 Å². The molecular weight excluding hydrogens is 414 g/mol. The number of rotatable bonds is 7. The van der Waals surface area contributed by atoms with Crippen molar-refractivity contribution in [2.75, 3.05) is 6.61 Å². The van der Waals surface area contributed by atoms with E-state index in [1.54, 1.807) is 0 Å². The Bertz CT molecular complexity index is 1120. The normalized spacial score (nSPS) is 12.7. The van der Waals surface area contributed by atoms with Gasteiger partial charge in [0.25, 0.3) is 0 Å². The van der Waals surface area contributed by atoms with Gasteiger partial charge >= 0.3 is 0 Å². The van der Waals surface area contributed by atoms with Crippen LogP contribution in [0.15, 0.2) is 36.4 Å². The van der Waals surface area contributed by atoms with E-state index in [0.717, 1.165) is 23.1 Å². The number of carbonyl (C=O) groups excluding carboxylic acids is 1. The lowest BCUT2D eigenvalue weighted by Gasteiger charge is -2.14. The number of ketones is 1. The van der Waals surface area contributed by atoms with E-state index >= 15 is 0 Å². The molecule has 30 heavy (non-hydrogen) atoms. The highest BCUT2D eigenvalue weighted by molar-refractivity contribution is 6.76. The summed E-state index contributed by atoms with van der Waals surface area (Å²) in [5.41, 5.74) is 6.71. The largest absolute Gasteiger partial charge is 0.358 e. The van der Waals surface area contributed by atoms with Gasteiger partial charge in [0.05, 0.1) is 0 Å². The van der Waals surface area contributed by atoms with Crippen molar-refractivity contribution in [1.82, 2.24) is 15.0 Å². The molecule has 0 fully saturated rings. The fourth-order valence-corrected chi connectivity index (χ4v) is 4.60. The lowest BCUT2D eigenvalue weighted by Crippen LogP contribution is -2.22. The number of hydrogen-bond acceptors (Lipinski definition) is 4. The summed E-state index contributed by atoms with van der Waals surface area (Å²) in [6.45, 7) is 9.40. The molecule has 0 amide bonds. The molecule has 1 aliphatic rings. The Morgan fingerprint density at radius 3 is 2.63 bits per heavy atom. The van der Waals surface area contributed by atoms with Gasteiger partial charge in [-0.2, -0.15) is 9.90 Å². The van der Waals surface area contributed by atoms with E-state index in [2.05, 4.69) is 48.0 Å². The maximum atomic E-state index is 12.2. The van der Waals surface area contributed by atoms with Crippen LogP contribution >= 0.6 is 11.6 Å². The van der Waals surface area contributed by atoms with Crippen LogP contribution in [0.25, 0.3) is 22.4 Å². The summed E-state index contributed by atoms with van der Waals surface area (Å²) in [5.74, 6) is -0.103. The molecule has 3 aromatic rings. The van der Waals surface area contributed by atoms with E-state index < -0.39 is 8.07 Å². The van der Waals surface area contributed by atoms with Crippen LogP contribution in [0.1, 0.15) is 28.5 Å². The number of halogens is 1. The van der Waals surface area contributed by atoms with Crippen LogP contribution in [0.4, 0.5) is 0 Å². The van der Waals surface area contributed by atoms with Gasteiger partial charge < -0.3 is 4.74 Å². The molecule has 0 bridgehead atoms. The van der Waals surface area contributed by atoms with Gasteiger partial charge in [0, 0.05) is 32.2 Å². The third-order valence-corrected chi connectivity index (χ3v) is 7.25. The molecule has 4 rings (SSSR count). The van der Waals surface area contributed by atoms with Gasteiger partial charge in [-0.1, -0.05) is 49.4 Å². The average molecular weight is 440 g/mol. The maximum absolute atomic E-state index is 12.2. The summed E-state index contributed by atoms with van der Waals surface area (Å²) >= 11 is 6.18. The van der Waals surface area contributed by atoms with E-state index in [1.165, 1.54) is 34.0 Å². The second-order valence-electron chi connectivity index (χ2n) is 9.02. The molecule has 156 valence electrons. The Hall–Kier alpha value is -2.28. The monoisotopic (exact) mass is 439 g/mol. The van der Waals surface area contributed by atoms with E-state index in [1.807, 2.05) is 18.2 Å². The summed E-state index contributed by atoms with van der Waals surface area (Å²) in [5, 5.41) is 9.70. The molecule has 0 atom stereocenters. The minimum absolute atomic E-state index is 0.103. The number of benzene rings is 2. The third kappa shape index (κ3) is 4.41. The van der Waals surface area contributed by atoms with Crippen LogP contribution in [-0.4, -0.2) is 35.5 Å². The molecule has 0 saturated carbocycles. The fourth-order valence-electron chi connectivity index (χ4n) is 3.67. The van der Waals surface area contributed by atoms with Crippen LogP contribution in [0.3, 0.4) is 0 Å². The van der Waals surface area contributed by atoms with E-state index in [9.17, 15) is 4.79 Å². The van der Waals surface area contributed by atoms with Gasteiger partial charge in [0.2, 0.25) is 0 Å². The van der Waals surface area contributed by atoms with Crippen molar-refractivity contribution in [1.29, 1.82) is 0 Å². The SMILES string of the molecule is CC(=O)c1nn(COCC[Si](C)(C)C)nc1-c1ccc2c(c1)Cc1ccc(Cl)cc1-2. The molecule has 1 aromatic heterocycles. The Morgan fingerprint density at radius 1 is 1.10 bits per heavy atom. The molecule has 5 nitrogen and oxygen atoms in total. The predicted molar refractivity (Wildman–Crippen MR) is 123 cm³/mol. The van der Waals surface area contributed by atoms with Gasteiger partial charge in [-0.25, -0.2) is 0 Å². The highest BCUT2D eigenvalue weighted by atomic mass is 35.5. The number of carbonyl (C=O) groups is 1. The number of Topliss-reactive ketones (excluding diaryl/α,β-unsaturated/α-hetero) is 1.